The lowest BCUT2D eigenvalue weighted by atomic mass is 10.1. The van der Waals surface area contributed by atoms with Crippen LogP contribution in [0.4, 0.5) is 10.2 Å². The summed E-state index contributed by atoms with van der Waals surface area (Å²) >= 11 is 0. The highest BCUT2D eigenvalue weighted by molar-refractivity contribution is 5.94. The summed E-state index contributed by atoms with van der Waals surface area (Å²) in [5.41, 5.74) is 3.92. The van der Waals surface area contributed by atoms with Gasteiger partial charge >= 0.3 is 0 Å². The zero-order valence-corrected chi connectivity index (χ0v) is 17.7. The summed E-state index contributed by atoms with van der Waals surface area (Å²) in [4.78, 5) is 22.2. The number of carbonyl (C=O) groups is 1. The van der Waals surface area contributed by atoms with Gasteiger partial charge in [0.2, 0.25) is 0 Å². The van der Waals surface area contributed by atoms with Crippen molar-refractivity contribution in [2.75, 3.05) is 38.3 Å². The van der Waals surface area contributed by atoms with Gasteiger partial charge in [-0.25, -0.2) is 14.4 Å². The van der Waals surface area contributed by atoms with Crippen LogP contribution in [0.5, 0.6) is 0 Å². The van der Waals surface area contributed by atoms with E-state index >= 15 is 0 Å². The zero-order chi connectivity index (χ0) is 21.5. The Morgan fingerprint density at radius 3 is 2.53 bits per heavy atom. The van der Waals surface area contributed by atoms with Crippen molar-refractivity contribution in [1.82, 2.24) is 20.6 Å². The van der Waals surface area contributed by atoms with Crippen LogP contribution in [0, 0.1) is 12.7 Å². The number of nitrogens with one attached hydrogen (secondary N) is 2. The van der Waals surface area contributed by atoms with Gasteiger partial charge in [-0.05, 0) is 31.5 Å². The van der Waals surface area contributed by atoms with Crippen LogP contribution in [0.1, 0.15) is 29.6 Å². The predicted octanol–water partition coefficient (Wildman–Crippen LogP) is 2.20. The summed E-state index contributed by atoms with van der Waals surface area (Å²) in [5.74, 6) is 1.64. The third-order valence-electron chi connectivity index (χ3n) is 4.86. The number of ketones is 1. The monoisotopic (exact) mass is 413 g/mol. The second-order valence-corrected chi connectivity index (χ2v) is 7.15. The molecule has 0 atom stereocenters. The molecule has 2 aromatic rings. The van der Waals surface area contributed by atoms with Crippen LogP contribution >= 0.6 is 0 Å². The highest BCUT2D eigenvalue weighted by Crippen LogP contribution is 2.25. The van der Waals surface area contributed by atoms with Crippen LogP contribution in [0.2, 0.25) is 0 Å². The van der Waals surface area contributed by atoms with E-state index in [2.05, 4.69) is 25.5 Å². The van der Waals surface area contributed by atoms with Crippen molar-refractivity contribution < 1.29 is 13.9 Å². The lowest BCUT2D eigenvalue weighted by Gasteiger charge is -2.29. The molecule has 2 aliphatic rings. The molecule has 3 heterocycles. The van der Waals surface area contributed by atoms with E-state index in [1.807, 2.05) is 6.92 Å². The van der Waals surface area contributed by atoms with Crippen molar-refractivity contribution in [3.63, 3.8) is 0 Å². The van der Waals surface area contributed by atoms with Gasteiger partial charge in [-0.3, -0.25) is 4.79 Å². The number of ether oxygens (including phenoxy) is 1. The van der Waals surface area contributed by atoms with Gasteiger partial charge in [0.15, 0.2) is 5.78 Å². The number of allylic oxidation sites excluding steroid dienone is 1. The number of rotatable bonds is 4. The Morgan fingerprint density at radius 2 is 1.90 bits per heavy atom. The van der Waals surface area contributed by atoms with Crippen molar-refractivity contribution >= 4 is 17.3 Å². The summed E-state index contributed by atoms with van der Waals surface area (Å²) < 4.78 is 18.0. The first-order valence-electron chi connectivity index (χ1n) is 10.0. The minimum Gasteiger partial charge on any atom is -0.388 e. The summed E-state index contributed by atoms with van der Waals surface area (Å²) in [6.07, 6.45) is 1.48. The van der Waals surface area contributed by atoms with Gasteiger partial charge in [-0.15, -0.1) is 0 Å². The minimum atomic E-state index is -0.285. The number of hydrogen-bond acceptors (Lipinski definition) is 7. The number of nitrogens with zero attached hydrogens (tertiary/aromatic N) is 3. The molecule has 0 aliphatic carbocycles. The van der Waals surface area contributed by atoms with Gasteiger partial charge in [0.25, 0.3) is 0 Å². The molecule has 4 rings (SSSR count). The normalized spacial score (nSPS) is 15.9. The Labute approximate surface area is 176 Å². The second-order valence-electron chi connectivity index (χ2n) is 7.15. The Hall–Kier alpha value is -2.84. The second kappa shape index (κ2) is 10.3. The first-order valence-corrected chi connectivity index (χ1v) is 10.0. The highest BCUT2D eigenvalue weighted by atomic mass is 19.1. The summed E-state index contributed by atoms with van der Waals surface area (Å²) in [5, 5.41) is 6.22. The van der Waals surface area contributed by atoms with Crippen molar-refractivity contribution in [2.24, 2.45) is 0 Å². The molecular weight excluding hydrogens is 385 g/mol. The molecule has 0 amide bonds. The van der Waals surface area contributed by atoms with Crippen LogP contribution < -0.4 is 15.5 Å². The van der Waals surface area contributed by atoms with Gasteiger partial charge in [-0.1, -0.05) is 12.1 Å². The molecule has 7 nitrogen and oxygen atoms in total. The number of aryl methyl sites for hydroxylation is 1. The summed E-state index contributed by atoms with van der Waals surface area (Å²) in [6, 6.07) is 5.97. The maximum Gasteiger partial charge on any atom is 0.154 e. The van der Waals surface area contributed by atoms with Gasteiger partial charge < -0.3 is 20.3 Å². The Balaban J connectivity index is 0.000000173. The molecule has 0 radical (unpaired) electrons. The van der Waals surface area contributed by atoms with Crippen LogP contribution in [0.3, 0.4) is 0 Å². The van der Waals surface area contributed by atoms with Crippen molar-refractivity contribution in [3.05, 3.63) is 58.8 Å². The Morgan fingerprint density at radius 1 is 1.20 bits per heavy atom. The molecule has 160 valence electrons. The van der Waals surface area contributed by atoms with E-state index in [4.69, 9.17) is 4.74 Å². The summed E-state index contributed by atoms with van der Waals surface area (Å²) in [6.45, 7) is 8.66. The van der Waals surface area contributed by atoms with Gasteiger partial charge in [0.1, 0.15) is 17.5 Å². The van der Waals surface area contributed by atoms with Gasteiger partial charge in [0.05, 0.1) is 18.9 Å². The minimum absolute atomic E-state index is 0.0429. The molecule has 0 spiro atoms. The first kappa shape index (κ1) is 21.9. The van der Waals surface area contributed by atoms with Crippen LogP contribution in [-0.4, -0.2) is 49.1 Å². The zero-order valence-electron chi connectivity index (χ0n) is 17.7. The number of benzene rings is 1. The van der Waals surface area contributed by atoms with Crippen LogP contribution in [-0.2, 0) is 22.6 Å². The number of hydrogen-bond donors (Lipinski definition) is 2. The Kier molecular flexibility index (Phi) is 7.48. The fraction of sp³-hybridized carbons (Fsp3) is 0.409. The fourth-order valence-corrected chi connectivity index (χ4v) is 3.44. The van der Waals surface area contributed by atoms with E-state index in [0.717, 1.165) is 62.3 Å². The molecule has 1 fully saturated rings. The van der Waals surface area contributed by atoms with Crippen LogP contribution in [0.25, 0.3) is 5.70 Å². The van der Waals surface area contributed by atoms with Gasteiger partial charge in [-0.2, -0.15) is 0 Å². The number of carbonyl (C=O) groups excluding carboxylic acids is 1. The maximum absolute atomic E-state index is 12.6. The average molecular weight is 413 g/mol. The molecule has 0 saturated carbocycles. The summed E-state index contributed by atoms with van der Waals surface area (Å²) in [7, 11) is 1.72. The van der Waals surface area contributed by atoms with Crippen molar-refractivity contribution in [1.29, 1.82) is 0 Å². The molecule has 1 aromatic heterocycles. The van der Waals surface area contributed by atoms with E-state index in [0.29, 0.717) is 5.70 Å². The molecular formula is C22H28FN5O2. The van der Waals surface area contributed by atoms with Crippen molar-refractivity contribution in [3.8, 4) is 0 Å². The molecule has 30 heavy (non-hydrogen) atoms. The van der Waals surface area contributed by atoms with E-state index in [9.17, 15) is 9.18 Å². The molecule has 0 unspecified atom stereocenters. The molecule has 2 aliphatic heterocycles. The van der Waals surface area contributed by atoms with Crippen LogP contribution in [0.15, 0.2) is 30.3 Å². The van der Waals surface area contributed by atoms with E-state index in [1.165, 1.54) is 30.7 Å². The largest absolute Gasteiger partial charge is 0.388 e. The van der Waals surface area contributed by atoms with Crippen molar-refractivity contribution in [2.45, 2.75) is 26.9 Å². The van der Waals surface area contributed by atoms with E-state index in [1.54, 1.807) is 19.2 Å². The number of halogens is 1. The standard InChI is InChI=1S/C11H12FNO.C11H16N4O/c1-8(14)7-11(13-2)9-3-5-10(12)6-4-9;1-8-13-10-7-12-6-9(10)11(14-8)15-2-4-16-5-3-15/h3-7,13H,1-2H3;12H,2-7H2,1H3/b11-7-;. The molecule has 8 heteroatoms. The van der Waals surface area contributed by atoms with E-state index in [-0.39, 0.29) is 11.6 Å². The number of anilines is 1. The number of aromatic nitrogens is 2. The average Bonchev–Trinajstić information content (AvgIpc) is 3.21. The van der Waals surface area contributed by atoms with Gasteiger partial charge in [0, 0.05) is 50.6 Å². The molecule has 1 saturated heterocycles. The number of fused-ring (bicyclic) bond motifs is 1. The smallest absolute Gasteiger partial charge is 0.154 e. The molecule has 2 N–H and O–H groups in total. The first-order chi connectivity index (χ1) is 14.5. The molecule has 1 aromatic carbocycles. The predicted molar refractivity (Wildman–Crippen MR) is 114 cm³/mol. The fourth-order valence-electron chi connectivity index (χ4n) is 3.44. The van der Waals surface area contributed by atoms with E-state index < -0.39 is 0 Å². The molecule has 0 bridgehead atoms. The lowest BCUT2D eigenvalue weighted by Crippen LogP contribution is -2.37. The third-order valence-corrected chi connectivity index (χ3v) is 4.86. The SMILES string of the molecule is CN/C(=C\C(C)=O)c1ccc(F)cc1.Cc1nc2c(c(N3CCOCC3)n1)CNC2. The maximum atomic E-state index is 12.6. The lowest BCUT2D eigenvalue weighted by molar-refractivity contribution is -0.112. The number of morpholine rings is 1. The highest BCUT2D eigenvalue weighted by Gasteiger charge is 2.23. The third kappa shape index (κ3) is 5.61. The quantitative estimate of drug-likeness (QED) is 0.744. The topological polar surface area (TPSA) is 79.4 Å². The Bertz CT molecular complexity index is 908.